The van der Waals surface area contributed by atoms with Crippen molar-refractivity contribution in [1.29, 1.82) is 0 Å². The molecule has 3 nitrogen and oxygen atoms in total. The largest absolute Gasteiger partial charge is 0.497 e. The van der Waals surface area contributed by atoms with E-state index in [1.807, 2.05) is 18.2 Å². The van der Waals surface area contributed by atoms with Gasteiger partial charge in [0, 0.05) is 10.6 Å². The van der Waals surface area contributed by atoms with Crippen molar-refractivity contribution in [3.05, 3.63) is 54.1 Å². The zero-order chi connectivity index (χ0) is 18.1. The molecule has 1 aliphatic heterocycles. The van der Waals surface area contributed by atoms with Gasteiger partial charge in [-0.2, -0.15) is 0 Å². The Kier molecular flexibility index (Phi) is 5.19. The van der Waals surface area contributed by atoms with Gasteiger partial charge < -0.3 is 14.0 Å². The Morgan fingerprint density at radius 1 is 0.920 bits per heavy atom. The average molecular weight is 356 g/mol. The summed E-state index contributed by atoms with van der Waals surface area (Å²) in [4.78, 5) is 1.19. The Bertz CT molecular complexity index is 712. The summed E-state index contributed by atoms with van der Waals surface area (Å²) in [7, 11) is 1.36. The molecule has 25 heavy (non-hydrogen) atoms. The molecule has 2 aromatic carbocycles. The molecule has 0 spiro atoms. The Morgan fingerprint density at radius 2 is 1.52 bits per heavy atom. The number of thioether (sulfide) groups is 1. The summed E-state index contributed by atoms with van der Waals surface area (Å²) in [5.74, 6) is 1.77. The van der Waals surface area contributed by atoms with Crippen molar-refractivity contribution < 1.29 is 14.0 Å². The SMILES string of the molecule is COc1ccc(CSc2ccccc2B2OC(C)(C)C(C)(C)O2)cc1. The van der Waals surface area contributed by atoms with Crippen molar-refractivity contribution in [1.82, 2.24) is 0 Å². The fraction of sp³-hybridized carbons (Fsp3) is 0.400. The molecular weight excluding hydrogens is 331 g/mol. The fourth-order valence-corrected chi connectivity index (χ4v) is 3.68. The number of methoxy groups -OCH3 is 1. The molecule has 0 N–H and O–H groups in total. The molecule has 0 amide bonds. The molecule has 0 aliphatic carbocycles. The lowest BCUT2D eigenvalue weighted by Gasteiger charge is -2.32. The normalized spacial score (nSPS) is 18.4. The molecule has 0 radical (unpaired) electrons. The highest BCUT2D eigenvalue weighted by atomic mass is 32.2. The third-order valence-electron chi connectivity index (χ3n) is 4.98. The number of hydrogen-bond acceptors (Lipinski definition) is 4. The highest BCUT2D eigenvalue weighted by molar-refractivity contribution is 7.98. The number of ether oxygens (including phenoxy) is 1. The molecule has 1 fully saturated rings. The quantitative estimate of drug-likeness (QED) is 0.590. The van der Waals surface area contributed by atoms with Crippen LogP contribution in [-0.4, -0.2) is 25.4 Å². The second-order valence-corrected chi connectivity index (χ2v) is 8.28. The van der Waals surface area contributed by atoms with Gasteiger partial charge in [-0.3, -0.25) is 0 Å². The highest BCUT2D eigenvalue weighted by Gasteiger charge is 2.52. The van der Waals surface area contributed by atoms with Gasteiger partial charge in [-0.05, 0) is 56.9 Å². The molecule has 1 heterocycles. The lowest BCUT2D eigenvalue weighted by atomic mass is 9.79. The Morgan fingerprint density at radius 3 is 2.12 bits per heavy atom. The van der Waals surface area contributed by atoms with E-state index in [2.05, 4.69) is 58.0 Å². The molecule has 0 atom stereocenters. The molecule has 3 rings (SSSR count). The van der Waals surface area contributed by atoms with Gasteiger partial charge >= 0.3 is 7.12 Å². The van der Waals surface area contributed by atoms with Gasteiger partial charge in [-0.1, -0.05) is 30.3 Å². The van der Waals surface area contributed by atoms with E-state index >= 15 is 0 Å². The maximum absolute atomic E-state index is 6.22. The van der Waals surface area contributed by atoms with Crippen LogP contribution in [0.3, 0.4) is 0 Å². The third-order valence-corrected chi connectivity index (χ3v) is 6.14. The lowest BCUT2D eigenvalue weighted by molar-refractivity contribution is 0.00578. The summed E-state index contributed by atoms with van der Waals surface area (Å²) in [6.07, 6.45) is 0. The van der Waals surface area contributed by atoms with Crippen LogP contribution in [0.5, 0.6) is 5.75 Å². The molecule has 5 heteroatoms. The Balaban J connectivity index is 1.75. The smallest absolute Gasteiger partial charge is 0.495 e. The summed E-state index contributed by atoms with van der Waals surface area (Å²) in [6.45, 7) is 8.33. The maximum atomic E-state index is 6.22. The first-order chi connectivity index (χ1) is 11.8. The second-order valence-electron chi connectivity index (χ2n) is 7.26. The van der Waals surface area contributed by atoms with Crippen LogP contribution in [-0.2, 0) is 15.1 Å². The molecule has 1 aliphatic rings. The van der Waals surface area contributed by atoms with Crippen molar-refractivity contribution in [2.45, 2.75) is 49.5 Å². The molecular formula is C20H25BO3S. The molecule has 1 saturated heterocycles. The van der Waals surface area contributed by atoms with Gasteiger partial charge in [0.05, 0.1) is 18.3 Å². The van der Waals surface area contributed by atoms with Crippen molar-refractivity contribution >= 4 is 24.3 Å². The van der Waals surface area contributed by atoms with E-state index in [9.17, 15) is 0 Å². The monoisotopic (exact) mass is 356 g/mol. The molecule has 0 unspecified atom stereocenters. The topological polar surface area (TPSA) is 27.7 Å². The van der Waals surface area contributed by atoms with E-state index in [-0.39, 0.29) is 18.3 Å². The van der Waals surface area contributed by atoms with Crippen molar-refractivity contribution in [2.75, 3.05) is 7.11 Å². The lowest BCUT2D eigenvalue weighted by Crippen LogP contribution is -2.41. The molecule has 0 bridgehead atoms. The first-order valence-electron chi connectivity index (χ1n) is 8.53. The number of benzene rings is 2. The van der Waals surface area contributed by atoms with Crippen LogP contribution in [0.25, 0.3) is 0 Å². The van der Waals surface area contributed by atoms with Gasteiger partial charge in [0.2, 0.25) is 0 Å². The number of rotatable bonds is 5. The van der Waals surface area contributed by atoms with Gasteiger partial charge in [0.15, 0.2) is 0 Å². The Hall–Kier alpha value is -1.43. The number of hydrogen-bond donors (Lipinski definition) is 0. The van der Waals surface area contributed by atoms with Crippen LogP contribution in [0, 0.1) is 0 Å². The third kappa shape index (κ3) is 3.89. The molecule has 132 valence electrons. The van der Waals surface area contributed by atoms with Gasteiger partial charge in [-0.15, -0.1) is 11.8 Å². The molecule has 0 aromatic heterocycles. The zero-order valence-electron chi connectivity index (χ0n) is 15.5. The van der Waals surface area contributed by atoms with E-state index in [0.717, 1.165) is 17.0 Å². The van der Waals surface area contributed by atoms with Gasteiger partial charge in [-0.25, -0.2) is 0 Å². The van der Waals surface area contributed by atoms with Crippen molar-refractivity contribution in [2.24, 2.45) is 0 Å². The first-order valence-corrected chi connectivity index (χ1v) is 9.51. The van der Waals surface area contributed by atoms with Crippen LogP contribution in [0.2, 0.25) is 0 Å². The van der Waals surface area contributed by atoms with E-state index in [4.69, 9.17) is 14.0 Å². The van der Waals surface area contributed by atoms with Crippen LogP contribution >= 0.6 is 11.8 Å². The van der Waals surface area contributed by atoms with Crippen LogP contribution in [0.4, 0.5) is 0 Å². The van der Waals surface area contributed by atoms with E-state index < -0.39 is 0 Å². The van der Waals surface area contributed by atoms with Crippen molar-refractivity contribution in [3.63, 3.8) is 0 Å². The molecule has 0 saturated carbocycles. The zero-order valence-corrected chi connectivity index (χ0v) is 16.4. The predicted octanol–water partition coefficient (Wildman–Crippen LogP) is 4.29. The van der Waals surface area contributed by atoms with E-state index in [0.29, 0.717) is 0 Å². The van der Waals surface area contributed by atoms with Crippen LogP contribution in [0.15, 0.2) is 53.4 Å². The standard InChI is InChI=1S/C20H25BO3S/c1-19(2)20(3,4)24-21(23-19)17-8-6-7-9-18(17)25-14-15-10-12-16(22-5)13-11-15/h6-13H,14H2,1-5H3. The predicted molar refractivity (Wildman–Crippen MR) is 105 cm³/mol. The molecule has 2 aromatic rings. The summed E-state index contributed by atoms with van der Waals surface area (Å²) >= 11 is 1.80. The van der Waals surface area contributed by atoms with E-state index in [1.54, 1.807) is 18.9 Å². The summed E-state index contributed by atoms with van der Waals surface area (Å²) in [6, 6.07) is 16.5. The fourth-order valence-electron chi connectivity index (χ4n) is 2.66. The summed E-state index contributed by atoms with van der Waals surface area (Å²) in [5, 5.41) is 0. The minimum Gasteiger partial charge on any atom is -0.497 e. The van der Waals surface area contributed by atoms with E-state index in [1.165, 1.54) is 10.5 Å². The van der Waals surface area contributed by atoms with Crippen molar-refractivity contribution in [3.8, 4) is 5.75 Å². The highest BCUT2D eigenvalue weighted by Crippen LogP contribution is 2.37. The van der Waals surface area contributed by atoms with Crippen LogP contribution < -0.4 is 10.2 Å². The summed E-state index contributed by atoms with van der Waals surface area (Å²) < 4.78 is 17.7. The minimum atomic E-state index is -0.329. The minimum absolute atomic E-state index is 0.328. The van der Waals surface area contributed by atoms with Gasteiger partial charge in [0.25, 0.3) is 0 Å². The van der Waals surface area contributed by atoms with Gasteiger partial charge in [0.1, 0.15) is 5.75 Å². The Labute approximate surface area is 155 Å². The first kappa shape index (κ1) is 18.4. The average Bonchev–Trinajstić information content (AvgIpc) is 2.81. The second kappa shape index (κ2) is 7.06. The maximum Gasteiger partial charge on any atom is 0.495 e. The summed E-state index contributed by atoms with van der Waals surface area (Å²) in [5.41, 5.74) is 1.70. The van der Waals surface area contributed by atoms with Crippen LogP contribution in [0.1, 0.15) is 33.3 Å².